The maximum Gasteiger partial charge on any atom is 0.416 e. The van der Waals surface area contributed by atoms with Gasteiger partial charge in [0.1, 0.15) is 0 Å². The molecule has 0 aliphatic heterocycles. The number of aromatic amines is 1. The van der Waals surface area contributed by atoms with Crippen LogP contribution in [0.3, 0.4) is 0 Å². The Morgan fingerprint density at radius 2 is 2.06 bits per heavy atom. The molecule has 1 aromatic heterocycles. The molecule has 1 heterocycles. The van der Waals surface area contributed by atoms with Gasteiger partial charge in [0.25, 0.3) is 0 Å². The van der Waals surface area contributed by atoms with E-state index in [0.717, 1.165) is 17.8 Å². The summed E-state index contributed by atoms with van der Waals surface area (Å²) >= 11 is 5.83. The number of rotatable bonds is 3. The topological polar surface area (TPSA) is 40.7 Å². The van der Waals surface area contributed by atoms with Gasteiger partial charge in [-0.25, -0.2) is 0 Å². The van der Waals surface area contributed by atoms with Crippen LogP contribution in [0.5, 0.6) is 0 Å². The van der Waals surface area contributed by atoms with Gasteiger partial charge in [-0.3, -0.25) is 5.10 Å². The summed E-state index contributed by atoms with van der Waals surface area (Å²) in [6, 6.07) is 4.87. The number of hydrogen-bond acceptors (Lipinski definition) is 2. The second kappa shape index (κ2) is 4.89. The number of halogens is 4. The molecule has 0 aliphatic carbocycles. The Hall–Kier alpha value is -1.69. The predicted octanol–water partition coefficient (Wildman–Crippen LogP) is 3.69. The molecule has 96 valence electrons. The van der Waals surface area contributed by atoms with Gasteiger partial charge in [-0.1, -0.05) is 11.6 Å². The Morgan fingerprint density at radius 3 is 2.67 bits per heavy atom. The molecule has 2 N–H and O–H groups in total. The third-order valence-electron chi connectivity index (χ3n) is 2.32. The van der Waals surface area contributed by atoms with Crippen LogP contribution < -0.4 is 5.32 Å². The van der Waals surface area contributed by atoms with Crippen molar-refractivity contribution in [1.82, 2.24) is 10.2 Å². The number of hydrogen-bond donors (Lipinski definition) is 2. The van der Waals surface area contributed by atoms with Gasteiger partial charge in [0.2, 0.25) is 0 Å². The molecule has 3 nitrogen and oxygen atoms in total. The molecule has 0 fully saturated rings. The minimum Gasteiger partial charge on any atom is -0.378 e. The minimum atomic E-state index is -4.38. The van der Waals surface area contributed by atoms with Crippen LogP contribution in [0, 0.1) is 0 Å². The van der Waals surface area contributed by atoms with E-state index in [1.807, 2.05) is 0 Å². The largest absolute Gasteiger partial charge is 0.416 e. The van der Waals surface area contributed by atoms with Crippen molar-refractivity contribution >= 4 is 17.3 Å². The zero-order valence-corrected chi connectivity index (χ0v) is 9.81. The lowest BCUT2D eigenvalue weighted by Gasteiger charge is -2.11. The lowest BCUT2D eigenvalue weighted by molar-refractivity contribution is -0.137. The van der Waals surface area contributed by atoms with Crippen LogP contribution in [0.25, 0.3) is 0 Å². The molecule has 0 radical (unpaired) electrons. The minimum absolute atomic E-state index is 0.237. The average Bonchev–Trinajstić information content (AvgIpc) is 2.79. The van der Waals surface area contributed by atoms with Crippen LogP contribution in [0.2, 0.25) is 5.02 Å². The van der Waals surface area contributed by atoms with E-state index >= 15 is 0 Å². The lowest BCUT2D eigenvalue weighted by Crippen LogP contribution is -2.07. The lowest BCUT2D eigenvalue weighted by atomic mass is 10.2. The van der Waals surface area contributed by atoms with Gasteiger partial charge in [-0.05, 0) is 24.3 Å². The second-order valence-electron chi connectivity index (χ2n) is 3.63. The molecule has 0 amide bonds. The molecular formula is C11H9ClF3N3. The summed E-state index contributed by atoms with van der Waals surface area (Å²) in [5.41, 5.74) is 0.253. The fourth-order valence-corrected chi connectivity index (χ4v) is 1.60. The van der Waals surface area contributed by atoms with E-state index in [0.29, 0.717) is 6.54 Å². The summed E-state index contributed by atoms with van der Waals surface area (Å²) in [4.78, 5) is 0. The van der Waals surface area contributed by atoms with Crippen molar-refractivity contribution in [3.05, 3.63) is 46.7 Å². The molecule has 18 heavy (non-hydrogen) atoms. The predicted molar refractivity (Wildman–Crippen MR) is 62.4 cm³/mol. The van der Waals surface area contributed by atoms with Gasteiger partial charge >= 0.3 is 6.18 Å². The highest BCUT2D eigenvalue weighted by Crippen LogP contribution is 2.33. The summed E-state index contributed by atoms with van der Waals surface area (Å²) in [7, 11) is 0. The molecule has 2 rings (SSSR count). The van der Waals surface area contributed by atoms with E-state index in [1.54, 1.807) is 12.3 Å². The molecule has 0 aliphatic rings. The van der Waals surface area contributed by atoms with Crippen LogP contribution in [0.1, 0.15) is 11.3 Å². The molecular weight excluding hydrogens is 267 g/mol. The van der Waals surface area contributed by atoms with E-state index in [4.69, 9.17) is 11.6 Å². The van der Waals surface area contributed by atoms with Crippen molar-refractivity contribution in [1.29, 1.82) is 0 Å². The quantitative estimate of drug-likeness (QED) is 0.897. The number of alkyl halides is 3. The first-order valence-electron chi connectivity index (χ1n) is 5.05. The Morgan fingerprint density at radius 1 is 1.28 bits per heavy atom. The van der Waals surface area contributed by atoms with E-state index in [9.17, 15) is 13.2 Å². The van der Waals surface area contributed by atoms with E-state index in [-0.39, 0.29) is 10.7 Å². The van der Waals surface area contributed by atoms with Crippen LogP contribution in [0.15, 0.2) is 30.5 Å². The molecule has 1 aromatic carbocycles. The van der Waals surface area contributed by atoms with E-state index in [1.165, 1.54) is 6.07 Å². The highest BCUT2D eigenvalue weighted by atomic mass is 35.5. The van der Waals surface area contributed by atoms with Crippen molar-refractivity contribution in [3.63, 3.8) is 0 Å². The number of nitrogens with zero attached hydrogens (tertiary/aromatic N) is 1. The standard InChI is InChI=1S/C11H9ClF3N3/c12-9-2-1-7(11(13,14)15)5-10(9)16-6-8-3-4-17-18-8/h1-5,16H,6H2,(H,17,18). The highest BCUT2D eigenvalue weighted by Gasteiger charge is 2.30. The zero-order chi connectivity index (χ0) is 13.2. The number of nitrogens with one attached hydrogen (secondary N) is 2. The van der Waals surface area contributed by atoms with Crippen LogP contribution >= 0.6 is 11.6 Å². The van der Waals surface area contributed by atoms with Gasteiger partial charge in [-0.2, -0.15) is 18.3 Å². The van der Waals surface area contributed by atoms with Gasteiger partial charge in [0, 0.05) is 6.20 Å². The molecule has 0 saturated carbocycles. The van der Waals surface area contributed by atoms with Crippen LogP contribution in [0.4, 0.5) is 18.9 Å². The van der Waals surface area contributed by atoms with Crippen LogP contribution in [-0.2, 0) is 12.7 Å². The van der Waals surface area contributed by atoms with Gasteiger partial charge in [0.15, 0.2) is 0 Å². The number of H-pyrrole nitrogens is 1. The zero-order valence-electron chi connectivity index (χ0n) is 9.05. The Labute approximate surface area is 106 Å². The number of aromatic nitrogens is 2. The Bertz CT molecular complexity index is 523. The van der Waals surface area contributed by atoms with E-state index in [2.05, 4.69) is 15.5 Å². The first-order chi connectivity index (χ1) is 8.47. The Kier molecular flexibility index (Phi) is 3.47. The summed E-state index contributed by atoms with van der Waals surface area (Å²) in [6.45, 7) is 0.320. The fourth-order valence-electron chi connectivity index (χ4n) is 1.41. The summed E-state index contributed by atoms with van der Waals surface area (Å²) in [5, 5.41) is 9.49. The molecule has 0 unspecified atom stereocenters. The van der Waals surface area contributed by atoms with Crippen molar-refractivity contribution in [2.45, 2.75) is 12.7 Å². The van der Waals surface area contributed by atoms with Gasteiger partial charge in [0.05, 0.1) is 28.5 Å². The van der Waals surface area contributed by atoms with Crippen molar-refractivity contribution in [3.8, 4) is 0 Å². The first-order valence-corrected chi connectivity index (χ1v) is 5.43. The maximum absolute atomic E-state index is 12.5. The van der Waals surface area contributed by atoms with E-state index < -0.39 is 11.7 Å². The smallest absolute Gasteiger partial charge is 0.378 e. The molecule has 2 aromatic rings. The number of benzene rings is 1. The molecule has 0 saturated heterocycles. The summed E-state index contributed by atoms with van der Waals surface area (Å²) in [5.74, 6) is 0. The fraction of sp³-hybridized carbons (Fsp3) is 0.182. The maximum atomic E-state index is 12.5. The van der Waals surface area contributed by atoms with Crippen LogP contribution in [-0.4, -0.2) is 10.2 Å². The molecule has 0 spiro atoms. The SMILES string of the molecule is FC(F)(F)c1ccc(Cl)c(NCc2ccn[nH]2)c1. The summed E-state index contributed by atoms with van der Waals surface area (Å²) in [6.07, 6.45) is -2.82. The second-order valence-corrected chi connectivity index (χ2v) is 4.04. The normalized spacial score (nSPS) is 11.6. The van der Waals surface area contributed by atoms with Gasteiger partial charge in [-0.15, -0.1) is 0 Å². The van der Waals surface area contributed by atoms with Gasteiger partial charge < -0.3 is 5.32 Å². The highest BCUT2D eigenvalue weighted by molar-refractivity contribution is 6.33. The monoisotopic (exact) mass is 275 g/mol. The first kappa shape index (κ1) is 12.8. The summed E-state index contributed by atoms with van der Waals surface area (Å²) < 4.78 is 37.6. The molecule has 0 atom stereocenters. The third-order valence-corrected chi connectivity index (χ3v) is 2.65. The molecule has 7 heteroatoms. The Balaban J connectivity index is 2.16. The third kappa shape index (κ3) is 2.95. The molecule has 0 bridgehead atoms. The average molecular weight is 276 g/mol. The van der Waals surface area contributed by atoms with Crippen molar-refractivity contribution in [2.24, 2.45) is 0 Å². The van der Waals surface area contributed by atoms with Crippen molar-refractivity contribution in [2.75, 3.05) is 5.32 Å². The number of anilines is 1. The van der Waals surface area contributed by atoms with Crippen molar-refractivity contribution < 1.29 is 13.2 Å².